The van der Waals surface area contributed by atoms with Gasteiger partial charge in [0.15, 0.2) is 5.60 Å². The third-order valence-corrected chi connectivity index (χ3v) is 9.10. The van der Waals surface area contributed by atoms with Crippen molar-refractivity contribution in [3.05, 3.63) is 138 Å². The molecule has 0 aliphatic carbocycles. The quantitative estimate of drug-likeness (QED) is 0.0411. The highest BCUT2D eigenvalue weighted by Crippen LogP contribution is 2.20. The van der Waals surface area contributed by atoms with E-state index in [0.29, 0.717) is 35.7 Å². The summed E-state index contributed by atoms with van der Waals surface area (Å²) in [6.45, 7) is 4.38. The van der Waals surface area contributed by atoms with E-state index in [4.69, 9.17) is 21.1 Å². The third-order valence-electron chi connectivity index (χ3n) is 8.85. The Morgan fingerprint density at radius 2 is 1.27 bits per heavy atom. The largest absolute Gasteiger partial charge is 0.478 e. The molecule has 2 rings (SSSR count). The standard InChI is InChI=1S/C48H64ClN3O8/c1-4-5-6-7-8-9-10-11-12-13-14-15-16-17-18-19-20-21-22-23-44(55)52-43(46(57)59-37-39(35-53)36-54)34-51-47(58)48(2,3)60-42-30-24-38(25-31-42)32-33-50-45(56)40-26-28-41(49)29-27-40/h5-6,8-9,11-12,14-15,17-18,20-21,24-31,39,43,53-54H,4,7,10,13,16,19,22-23,32-37H2,1-3H3,(H,50,56)(H,51,58)(H,52,55)/b6-5-,9-8-,12-11-,15-14-,18-17-,21-20-. The molecule has 0 aromatic heterocycles. The van der Waals surface area contributed by atoms with Gasteiger partial charge < -0.3 is 35.6 Å². The van der Waals surface area contributed by atoms with E-state index in [1.807, 2.05) is 24.3 Å². The molecule has 0 saturated carbocycles. The fourth-order valence-electron chi connectivity index (χ4n) is 5.27. The van der Waals surface area contributed by atoms with Crippen LogP contribution < -0.4 is 20.7 Å². The zero-order valence-corrected chi connectivity index (χ0v) is 36.1. The predicted octanol–water partition coefficient (Wildman–Crippen LogP) is 7.69. The van der Waals surface area contributed by atoms with Gasteiger partial charge in [-0.25, -0.2) is 4.79 Å². The summed E-state index contributed by atoms with van der Waals surface area (Å²) in [5, 5.41) is 27.5. The van der Waals surface area contributed by atoms with Crippen LogP contribution in [0.2, 0.25) is 5.02 Å². The average Bonchev–Trinajstić information content (AvgIpc) is 3.24. The van der Waals surface area contributed by atoms with Crippen LogP contribution in [0.15, 0.2) is 121 Å². The molecule has 0 radical (unpaired) electrons. The maximum atomic E-state index is 13.3. The topological polar surface area (TPSA) is 163 Å². The van der Waals surface area contributed by atoms with Crippen molar-refractivity contribution < 1.29 is 38.9 Å². The Morgan fingerprint density at radius 3 is 1.80 bits per heavy atom. The van der Waals surface area contributed by atoms with E-state index in [9.17, 15) is 29.4 Å². The molecule has 60 heavy (non-hydrogen) atoms. The lowest BCUT2D eigenvalue weighted by Crippen LogP contribution is -2.54. The minimum absolute atomic E-state index is 0.106. The summed E-state index contributed by atoms with van der Waals surface area (Å²) >= 11 is 5.90. The fourth-order valence-corrected chi connectivity index (χ4v) is 5.40. The smallest absolute Gasteiger partial charge is 0.330 e. The van der Waals surface area contributed by atoms with Crippen LogP contribution in [0.25, 0.3) is 0 Å². The lowest BCUT2D eigenvalue weighted by Gasteiger charge is -2.27. The summed E-state index contributed by atoms with van der Waals surface area (Å²) in [5.74, 6) is -2.21. The molecule has 326 valence electrons. The number of amides is 3. The van der Waals surface area contributed by atoms with Crippen molar-refractivity contribution in [2.75, 3.05) is 32.9 Å². The highest BCUT2D eigenvalue weighted by atomic mass is 35.5. The Labute approximate surface area is 361 Å². The summed E-state index contributed by atoms with van der Waals surface area (Å²) < 4.78 is 11.3. The molecule has 2 aromatic rings. The van der Waals surface area contributed by atoms with Gasteiger partial charge in [-0.3, -0.25) is 14.4 Å². The lowest BCUT2D eigenvalue weighted by molar-refractivity contribution is -0.150. The number of nitrogens with one attached hydrogen (secondary N) is 3. The van der Waals surface area contributed by atoms with E-state index in [-0.39, 0.29) is 25.5 Å². The molecular weight excluding hydrogens is 782 g/mol. The lowest BCUT2D eigenvalue weighted by atomic mass is 10.1. The van der Waals surface area contributed by atoms with E-state index in [1.165, 1.54) is 0 Å². The fraction of sp³-hybridized carbons (Fsp3) is 0.417. The van der Waals surface area contributed by atoms with Crippen LogP contribution in [0.3, 0.4) is 0 Å². The van der Waals surface area contributed by atoms with Crippen molar-refractivity contribution in [1.82, 2.24) is 16.0 Å². The number of benzene rings is 2. The third kappa shape index (κ3) is 22.8. The second-order valence-corrected chi connectivity index (χ2v) is 14.9. The summed E-state index contributed by atoms with van der Waals surface area (Å²) in [6, 6.07) is 12.5. The molecular formula is C48H64ClN3O8. The number of esters is 1. The molecule has 1 unspecified atom stereocenters. The average molecular weight is 847 g/mol. The molecule has 0 aliphatic heterocycles. The summed E-state index contributed by atoms with van der Waals surface area (Å²) in [4.78, 5) is 51.5. The summed E-state index contributed by atoms with van der Waals surface area (Å²) in [5.41, 5.74) is 0.105. The van der Waals surface area contributed by atoms with Gasteiger partial charge in [0.05, 0.1) is 19.8 Å². The minimum atomic E-state index is -1.36. The summed E-state index contributed by atoms with van der Waals surface area (Å²) in [7, 11) is 0. The highest BCUT2D eigenvalue weighted by Gasteiger charge is 2.32. The van der Waals surface area contributed by atoms with Crippen molar-refractivity contribution in [1.29, 1.82) is 0 Å². The van der Waals surface area contributed by atoms with Gasteiger partial charge in [0.25, 0.3) is 11.8 Å². The van der Waals surface area contributed by atoms with Gasteiger partial charge in [-0.15, -0.1) is 0 Å². The van der Waals surface area contributed by atoms with Gasteiger partial charge in [0.2, 0.25) is 5.91 Å². The number of hydrogen-bond donors (Lipinski definition) is 5. The first-order chi connectivity index (χ1) is 29.0. The van der Waals surface area contributed by atoms with Crippen molar-refractivity contribution in [2.24, 2.45) is 5.92 Å². The molecule has 12 heteroatoms. The Balaban J connectivity index is 1.80. The number of hydrogen-bond acceptors (Lipinski definition) is 8. The molecule has 0 saturated heterocycles. The zero-order chi connectivity index (χ0) is 43.9. The predicted molar refractivity (Wildman–Crippen MR) is 240 cm³/mol. The van der Waals surface area contributed by atoms with Gasteiger partial charge in [0.1, 0.15) is 11.8 Å². The minimum Gasteiger partial charge on any atom is -0.478 e. The van der Waals surface area contributed by atoms with Crippen LogP contribution in [0.1, 0.15) is 88.1 Å². The molecule has 1 atom stereocenters. The van der Waals surface area contributed by atoms with Crippen LogP contribution in [0.5, 0.6) is 5.75 Å². The number of halogens is 1. The van der Waals surface area contributed by atoms with Crippen molar-refractivity contribution in [2.45, 2.75) is 90.2 Å². The number of carbonyl (C=O) groups is 4. The Bertz CT molecular complexity index is 1740. The van der Waals surface area contributed by atoms with Gasteiger partial charge in [-0.2, -0.15) is 0 Å². The molecule has 11 nitrogen and oxygen atoms in total. The van der Waals surface area contributed by atoms with Crippen LogP contribution in [-0.2, 0) is 25.5 Å². The van der Waals surface area contributed by atoms with E-state index in [2.05, 4.69) is 83.6 Å². The molecule has 0 bridgehead atoms. The highest BCUT2D eigenvalue weighted by molar-refractivity contribution is 6.30. The Morgan fingerprint density at radius 1 is 0.733 bits per heavy atom. The van der Waals surface area contributed by atoms with Crippen LogP contribution in [-0.4, -0.2) is 78.5 Å². The molecule has 0 aliphatic rings. The number of aliphatic hydroxyl groups excluding tert-OH is 2. The Hall–Kier alpha value is -5.23. The number of aliphatic hydroxyl groups is 2. The van der Waals surface area contributed by atoms with Crippen molar-refractivity contribution >= 4 is 35.3 Å². The van der Waals surface area contributed by atoms with Crippen molar-refractivity contribution in [3.63, 3.8) is 0 Å². The zero-order valence-electron chi connectivity index (χ0n) is 35.3. The first kappa shape index (κ1) is 50.9. The van der Waals surface area contributed by atoms with Crippen LogP contribution in [0.4, 0.5) is 0 Å². The molecule has 0 heterocycles. The van der Waals surface area contributed by atoms with Gasteiger partial charge in [-0.05, 0) is 107 Å². The second-order valence-electron chi connectivity index (χ2n) is 14.4. The molecule has 0 fully saturated rings. The maximum absolute atomic E-state index is 13.3. The number of ether oxygens (including phenoxy) is 2. The van der Waals surface area contributed by atoms with E-state index < -0.39 is 48.6 Å². The summed E-state index contributed by atoms with van der Waals surface area (Å²) in [6.07, 6.45) is 31.9. The number of allylic oxidation sites excluding steroid dienone is 12. The van der Waals surface area contributed by atoms with Crippen LogP contribution in [0, 0.1) is 5.92 Å². The second kappa shape index (κ2) is 30.8. The van der Waals surface area contributed by atoms with Gasteiger partial charge >= 0.3 is 5.97 Å². The molecule has 0 spiro atoms. The molecule has 3 amide bonds. The first-order valence-electron chi connectivity index (χ1n) is 20.7. The maximum Gasteiger partial charge on any atom is 0.330 e. The molecule has 5 N–H and O–H groups in total. The first-order valence-corrected chi connectivity index (χ1v) is 21.0. The van der Waals surface area contributed by atoms with Crippen molar-refractivity contribution in [3.8, 4) is 5.75 Å². The molecule has 2 aromatic carbocycles. The monoisotopic (exact) mass is 845 g/mol. The number of carbonyl (C=O) groups excluding carboxylic acids is 4. The SMILES string of the molecule is CC/C=C\C/C=C\C/C=C\C/C=C\C/C=C\C/C=C\CCC(=O)NC(CNC(=O)C(C)(C)Oc1ccc(CCNC(=O)c2ccc(Cl)cc2)cc1)C(=O)OCC(CO)CO. The van der Waals surface area contributed by atoms with Gasteiger partial charge in [-0.1, -0.05) is 104 Å². The van der Waals surface area contributed by atoms with Gasteiger partial charge in [0, 0.05) is 36.0 Å². The van der Waals surface area contributed by atoms with E-state index in [0.717, 1.165) is 44.1 Å². The number of rotatable bonds is 29. The van der Waals surface area contributed by atoms with Crippen LogP contribution >= 0.6 is 11.6 Å². The van der Waals surface area contributed by atoms with E-state index >= 15 is 0 Å². The van der Waals surface area contributed by atoms with E-state index in [1.54, 1.807) is 50.2 Å². The normalized spacial score (nSPS) is 12.7. The Kier molecular flexibility index (Phi) is 26.1.